The van der Waals surface area contributed by atoms with E-state index in [4.69, 9.17) is 10.5 Å². The Bertz CT molecular complexity index is 428. The number of rotatable bonds is 8. The molecule has 4 heteroatoms. The summed E-state index contributed by atoms with van der Waals surface area (Å²) < 4.78 is 5.54. The van der Waals surface area contributed by atoms with Crippen molar-refractivity contribution in [2.24, 2.45) is 0 Å². The molecule has 1 rings (SSSR count). The molecule has 1 aromatic rings. The van der Waals surface area contributed by atoms with Crippen molar-refractivity contribution in [3.8, 4) is 5.75 Å². The predicted octanol–water partition coefficient (Wildman–Crippen LogP) is 2.86. The van der Waals surface area contributed by atoms with Gasteiger partial charge in [-0.05, 0) is 44.4 Å². The fourth-order valence-electron chi connectivity index (χ4n) is 2.08. The van der Waals surface area contributed by atoms with E-state index in [-0.39, 0.29) is 5.91 Å². The molecule has 0 fully saturated rings. The quantitative estimate of drug-likeness (QED) is 0.744. The SMILES string of the molecule is CCCOc1ccc(CCC(=O)N(CC)CC)cc1N. The molecule has 4 nitrogen and oxygen atoms in total. The zero-order valence-corrected chi connectivity index (χ0v) is 12.8. The number of nitrogens with zero attached hydrogens (tertiary/aromatic N) is 1. The first-order chi connectivity index (χ1) is 9.62. The number of amides is 1. The third-order valence-electron chi connectivity index (χ3n) is 3.28. The second kappa shape index (κ2) is 8.46. The number of anilines is 1. The van der Waals surface area contributed by atoms with Gasteiger partial charge in [-0.1, -0.05) is 13.0 Å². The maximum absolute atomic E-state index is 11.9. The summed E-state index contributed by atoms with van der Waals surface area (Å²) >= 11 is 0. The molecule has 0 heterocycles. The Morgan fingerprint density at radius 1 is 1.25 bits per heavy atom. The summed E-state index contributed by atoms with van der Waals surface area (Å²) in [5, 5.41) is 0. The van der Waals surface area contributed by atoms with Crippen LogP contribution in [0, 0.1) is 0 Å². The van der Waals surface area contributed by atoms with E-state index in [1.54, 1.807) is 0 Å². The van der Waals surface area contributed by atoms with Crippen LogP contribution >= 0.6 is 0 Å². The number of hydrogen-bond donors (Lipinski definition) is 1. The third-order valence-corrected chi connectivity index (χ3v) is 3.28. The summed E-state index contributed by atoms with van der Waals surface area (Å²) in [7, 11) is 0. The Morgan fingerprint density at radius 2 is 1.95 bits per heavy atom. The maximum atomic E-state index is 11.9. The number of carbonyl (C=O) groups is 1. The van der Waals surface area contributed by atoms with Gasteiger partial charge in [0.2, 0.25) is 5.91 Å². The lowest BCUT2D eigenvalue weighted by molar-refractivity contribution is -0.130. The predicted molar refractivity (Wildman–Crippen MR) is 82.9 cm³/mol. The van der Waals surface area contributed by atoms with E-state index in [1.807, 2.05) is 36.9 Å². The summed E-state index contributed by atoms with van der Waals surface area (Å²) in [6.07, 6.45) is 2.20. The highest BCUT2D eigenvalue weighted by Crippen LogP contribution is 2.23. The maximum Gasteiger partial charge on any atom is 0.222 e. The van der Waals surface area contributed by atoms with Crippen LogP contribution in [0.4, 0.5) is 5.69 Å². The topological polar surface area (TPSA) is 55.6 Å². The molecule has 0 saturated heterocycles. The Hall–Kier alpha value is -1.71. The van der Waals surface area contributed by atoms with Crippen molar-refractivity contribution in [1.29, 1.82) is 0 Å². The second-order valence-corrected chi connectivity index (χ2v) is 4.79. The minimum absolute atomic E-state index is 0.194. The van der Waals surface area contributed by atoms with E-state index in [0.29, 0.717) is 25.1 Å². The molecule has 0 aliphatic rings. The van der Waals surface area contributed by atoms with Crippen molar-refractivity contribution in [3.05, 3.63) is 23.8 Å². The highest BCUT2D eigenvalue weighted by molar-refractivity contribution is 5.76. The van der Waals surface area contributed by atoms with E-state index < -0.39 is 0 Å². The van der Waals surface area contributed by atoms with Crippen molar-refractivity contribution in [2.45, 2.75) is 40.0 Å². The zero-order chi connectivity index (χ0) is 15.0. The lowest BCUT2D eigenvalue weighted by Crippen LogP contribution is -2.30. The lowest BCUT2D eigenvalue weighted by Gasteiger charge is -2.18. The van der Waals surface area contributed by atoms with Gasteiger partial charge in [0.05, 0.1) is 12.3 Å². The van der Waals surface area contributed by atoms with Crippen LogP contribution in [-0.2, 0) is 11.2 Å². The molecule has 1 amide bonds. The minimum atomic E-state index is 0.194. The summed E-state index contributed by atoms with van der Waals surface area (Å²) in [6.45, 7) is 8.26. The molecule has 0 radical (unpaired) electrons. The van der Waals surface area contributed by atoms with Crippen LogP contribution in [0.25, 0.3) is 0 Å². The van der Waals surface area contributed by atoms with Gasteiger partial charge in [-0.25, -0.2) is 0 Å². The number of hydrogen-bond acceptors (Lipinski definition) is 3. The Kier molecular flexibility index (Phi) is 6.91. The van der Waals surface area contributed by atoms with Crippen LogP contribution in [0.5, 0.6) is 5.75 Å². The van der Waals surface area contributed by atoms with Crippen LogP contribution < -0.4 is 10.5 Å². The number of carbonyl (C=O) groups excluding carboxylic acids is 1. The van der Waals surface area contributed by atoms with Gasteiger partial charge < -0.3 is 15.4 Å². The van der Waals surface area contributed by atoms with E-state index in [1.165, 1.54) is 0 Å². The summed E-state index contributed by atoms with van der Waals surface area (Å²) in [4.78, 5) is 13.8. The Labute approximate surface area is 121 Å². The van der Waals surface area contributed by atoms with Gasteiger partial charge in [0.1, 0.15) is 5.75 Å². The average Bonchev–Trinajstić information content (AvgIpc) is 2.45. The van der Waals surface area contributed by atoms with Gasteiger partial charge in [-0.3, -0.25) is 4.79 Å². The molecule has 0 saturated carbocycles. The third kappa shape index (κ3) is 4.76. The van der Waals surface area contributed by atoms with Crippen LogP contribution in [0.3, 0.4) is 0 Å². The molecule has 0 bridgehead atoms. The first-order valence-corrected chi connectivity index (χ1v) is 7.41. The Morgan fingerprint density at radius 3 is 2.50 bits per heavy atom. The van der Waals surface area contributed by atoms with Crippen LogP contribution in [-0.4, -0.2) is 30.5 Å². The first kappa shape index (κ1) is 16.3. The molecule has 0 spiro atoms. The molecule has 20 heavy (non-hydrogen) atoms. The van der Waals surface area contributed by atoms with Crippen molar-refractivity contribution in [1.82, 2.24) is 4.90 Å². The summed E-state index contributed by atoms with van der Waals surface area (Å²) in [6, 6.07) is 5.78. The monoisotopic (exact) mass is 278 g/mol. The Balaban J connectivity index is 2.57. The van der Waals surface area contributed by atoms with Gasteiger partial charge in [-0.2, -0.15) is 0 Å². The molecule has 0 aliphatic carbocycles. The van der Waals surface area contributed by atoms with Crippen molar-refractivity contribution in [2.75, 3.05) is 25.4 Å². The smallest absolute Gasteiger partial charge is 0.222 e. The van der Waals surface area contributed by atoms with Crippen LogP contribution in [0.2, 0.25) is 0 Å². The van der Waals surface area contributed by atoms with E-state index in [0.717, 1.165) is 30.8 Å². The van der Waals surface area contributed by atoms with Gasteiger partial charge >= 0.3 is 0 Å². The van der Waals surface area contributed by atoms with Gasteiger partial charge in [0, 0.05) is 19.5 Å². The second-order valence-electron chi connectivity index (χ2n) is 4.79. The van der Waals surface area contributed by atoms with Gasteiger partial charge in [0.15, 0.2) is 0 Å². The highest BCUT2D eigenvalue weighted by atomic mass is 16.5. The van der Waals surface area contributed by atoms with Crippen molar-refractivity contribution < 1.29 is 9.53 Å². The average molecular weight is 278 g/mol. The lowest BCUT2D eigenvalue weighted by atomic mass is 10.1. The first-order valence-electron chi connectivity index (χ1n) is 7.41. The number of aryl methyl sites for hydroxylation is 1. The standard InChI is InChI=1S/C16H26N2O2/c1-4-11-20-15-9-7-13(12-14(15)17)8-10-16(19)18(5-2)6-3/h7,9,12H,4-6,8,10-11,17H2,1-3H3. The summed E-state index contributed by atoms with van der Waals surface area (Å²) in [5.74, 6) is 0.922. The fraction of sp³-hybridized carbons (Fsp3) is 0.562. The van der Waals surface area contributed by atoms with E-state index >= 15 is 0 Å². The molecule has 2 N–H and O–H groups in total. The van der Waals surface area contributed by atoms with Crippen molar-refractivity contribution >= 4 is 11.6 Å². The molecule has 1 aromatic carbocycles. The number of nitrogens with two attached hydrogens (primary N) is 1. The molecule has 0 aliphatic heterocycles. The molecular weight excluding hydrogens is 252 g/mol. The van der Waals surface area contributed by atoms with Gasteiger partial charge in [-0.15, -0.1) is 0 Å². The number of ether oxygens (including phenoxy) is 1. The zero-order valence-electron chi connectivity index (χ0n) is 12.8. The number of nitrogen functional groups attached to an aromatic ring is 1. The fourth-order valence-corrected chi connectivity index (χ4v) is 2.08. The molecule has 0 atom stereocenters. The normalized spacial score (nSPS) is 10.3. The minimum Gasteiger partial charge on any atom is -0.491 e. The van der Waals surface area contributed by atoms with Gasteiger partial charge in [0.25, 0.3) is 0 Å². The summed E-state index contributed by atoms with van der Waals surface area (Å²) in [5.41, 5.74) is 7.68. The highest BCUT2D eigenvalue weighted by Gasteiger charge is 2.10. The molecule has 112 valence electrons. The molecular formula is C16H26N2O2. The van der Waals surface area contributed by atoms with E-state index in [2.05, 4.69) is 6.92 Å². The van der Waals surface area contributed by atoms with Crippen LogP contribution in [0.15, 0.2) is 18.2 Å². The molecule has 0 aromatic heterocycles. The number of benzene rings is 1. The van der Waals surface area contributed by atoms with Crippen molar-refractivity contribution in [3.63, 3.8) is 0 Å². The van der Waals surface area contributed by atoms with Crippen LogP contribution in [0.1, 0.15) is 39.2 Å². The largest absolute Gasteiger partial charge is 0.491 e. The molecule has 0 unspecified atom stereocenters. The van der Waals surface area contributed by atoms with E-state index in [9.17, 15) is 4.79 Å².